The summed E-state index contributed by atoms with van der Waals surface area (Å²) < 4.78 is 4.11. The van der Waals surface area contributed by atoms with E-state index >= 15 is 0 Å². The van der Waals surface area contributed by atoms with Gasteiger partial charge in [0.1, 0.15) is 12.5 Å². The van der Waals surface area contributed by atoms with Crippen LogP contribution in [0, 0.1) is 0 Å². The Morgan fingerprint density at radius 2 is 1.67 bits per heavy atom. The number of aliphatic hydroxyl groups excluding tert-OH is 2. The van der Waals surface area contributed by atoms with Crippen molar-refractivity contribution in [2.24, 2.45) is 0 Å². The first-order chi connectivity index (χ1) is 4.09. The maximum absolute atomic E-state index is 8.74. The first kappa shape index (κ1) is 8.90. The van der Waals surface area contributed by atoms with Crippen LogP contribution in [0.25, 0.3) is 0 Å². The summed E-state index contributed by atoms with van der Waals surface area (Å²) in [6.07, 6.45) is -1.81. The van der Waals surface area contributed by atoms with Crippen molar-refractivity contribution in [2.45, 2.75) is 26.3 Å². The lowest BCUT2D eigenvalue weighted by Gasteiger charge is -2.25. The minimum atomic E-state index is -0.907. The molecule has 0 heterocycles. The van der Waals surface area contributed by atoms with Gasteiger partial charge in [-0.25, -0.2) is 0 Å². The van der Waals surface area contributed by atoms with Crippen molar-refractivity contribution >= 4 is 8.05 Å². The predicted molar refractivity (Wildman–Crippen MR) is 32.0 cm³/mol. The minimum Gasteiger partial charge on any atom is -0.376 e. The summed E-state index contributed by atoms with van der Waals surface area (Å²) in [4.78, 5) is 0. The van der Waals surface area contributed by atoms with Crippen LogP contribution in [0.5, 0.6) is 0 Å². The second kappa shape index (κ2) is 3.84. The van der Waals surface area contributed by atoms with E-state index in [1.54, 1.807) is 0 Å². The van der Waals surface area contributed by atoms with Crippen LogP contribution in [0.3, 0.4) is 0 Å². The maximum Gasteiger partial charge on any atom is 0.317 e. The summed E-state index contributed by atoms with van der Waals surface area (Å²) in [5.74, 6) is 0. The first-order valence-corrected chi connectivity index (χ1v) is 2.61. The topological polar surface area (TPSA) is 52.9 Å². The molecule has 2 unspecified atom stereocenters. The van der Waals surface area contributed by atoms with E-state index in [1.165, 1.54) is 13.8 Å². The van der Waals surface area contributed by atoms with Gasteiger partial charge in [0, 0.05) is 0 Å². The quantitative estimate of drug-likeness (QED) is 0.292. The SMILES string of the molecule is [B]ON(C(C)O)C(C)O. The zero-order valence-corrected chi connectivity index (χ0v) is 5.48. The molecule has 0 rings (SSSR count). The Morgan fingerprint density at radius 1 is 1.33 bits per heavy atom. The lowest BCUT2D eigenvalue weighted by molar-refractivity contribution is -0.234. The van der Waals surface area contributed by atoms with E-state index in [9.17, 15) is 0 Å². The number of hydrogen-bond donors (Lipinski definition) is 2. The molecule has 0 aliphatic heterocycles. The Bertz CT molecular complexity index is 70.2. The van der Waals surface area contributed by atoms with Gasteiger partial charge in [-0.1, -0.05) is 0 Å². The largest absolute Gasteiger partial charge is 0.376 e. The van der Waals surface area contributed by atoms with Gasteiger partial charge in [-0.2, -0.15) is 5.06 Å². The molecule has 0 fully saturated rings. The fraction of sp³-hybridized carbons (Fsp3) is 1.00. The van der Waals surface area contributed by atoms with Gasteiger partial charge in [-0.05, 0) is 13.8 Å². The van der Waals surface area contributed by atoms with Crippen molar-refractivity contribution in [3.05, 3.63) is 0 Å². The molecule has 4 nitrogen and oxygen atoms in total. The Kier molecular flexibility index (Phi) is 3.80. The summed E-state index contributed by atoms with van der Waals surface area (Å²) in [5.41, 5.74) is 0. The van der Waals surface area contributed by atoms with Crippen molar-refractivity contribution in [3.8, 4) is 0 Å². The number of nitrogens with zero attached hydrogens (tertiary/aromatic N) is 1. The van der Waals surface area contributed by atoms with Gasteiger partial charge >= 0.3 is 8.05 Å². The van der Waals surface area contributed by atoms with Gasteiger partial charge in [-0.15, -0.1) is 0 Å². The molecule has 0 amide bonds. The Balaban J connectivity index is 3.68. The third-order valence-corrected chi connectivity index (χ3v) is 0.858. The Hall–Kier alpha value is -0.0951. The number of hydroxylamine groups is 2. The van der Waals surface area contributed by atoms with E-state index in [2.05, 4.69) is 12.8 Å². The number of aliphatic hydroxyl groups is 2. The van der Waals surface area contributed by atoms with Gasteiger partial charge in [0.25, 0.3) is 0 Å². The zero-order chi connectivity index (χ0) is 7.44. The summed E-state index contributed by atoms with van der Waals surface area (Å²) in [7, 11) is 4.68. The molecule has 0 aromatic carbocycles. The number of rotatable bonds is 3. The normalized spacial score (nSPS) is 17.9. The van der Waals surface area contributed by atoms with Crippen LogP contribution in [0.1, 0.15) is 13.8 Å². The average molecular weight is 131 g/mol. The van der Waals surface area contributed by atoms with Gasteiger partial charge < -0.3 is 15.0 Å². The van der Waals surface area contributed by atoms with Crippen LogP contribution in [-0.2, 0) is 4.76 Å². The lowest BCUT2D eigenvalue weighted by Crippen LogP contribution is -2.39. The van der Waals surface area contributed by atoms with Crippen molar-refractivity contribution in [2.75, 3.05) is 0 Å². The summed E-state index contributed by atoms with van der Waals surface area (Å²) in [6.45, 7) is 2.86. The Morgan fingerprint density at radius 3 is 1.67 bits per heavy atom. The number of hydrogen-bond acceptors (Lipinski definition) is 4. The fourth-order valence-corrected chi connectivity index (χ4v) is 0.488. The van der Waals surface area contributed by atoms with Crippen LogP contribution >= 0.6 is 0 Å². The van der Waals surface area contributed by atoms with E-state index in [4.69, 9.17) is 10.2 Å². The summed E-state index contributed by atoms with van der Waals surface area (Å²) in [6, 6.07) is 0. The van der Waals surface area contributed by atoms with Crippen LogP contribution in [-0.4, -0.2) is 35.8 Å². The third kappa shape index (κ3) is 2.81. The molecule has 0 saturated heterocycles. The second-order valence-electron chi connectivity index (χ2n) is 1.73. The standard InChI is InChI=1S/C4H10BNO3/c1-3(7)6(9-5)4(2)8/h3-4,7-8H,1-2H3. The highest BCUT2D eigenvalue weighted by molar-refractivity contribution is 5.97. The van der Waals surface area contributed by atoms with Gasteiger partial charge in [0.2, 0.25) is 0 Å². The van der Waals surface area contributed by atoms with Crippen molar-refractivity contribution in [1.82, 2.24) is 5.06 Å². The molecule has 0 aromatic heterocycles. The molecule has 5 heteroatoms. The molecule has 52 valence electrons. The monoisotopic (exact) mass is 131 g/mol. The third-order valence-electron chi connectivity index (χ3n) is 0.858. The maximum atomic E-state index is 8.74. The molecule has 2 atom stereocenters. The van der Waals surface area contributed by atoms with E-state index in [0.29, 0.717) is 0 Å². The highest BCUT2D eigenvalue weighted by Gasteiger charge is 2.13. The second-order valence-corrected chi connectivity index (χ2v) is 1.73. The van der Waals surface area contributed by atoms with E-state index in [0.717, 1.165) is 5.06 Å². The molecule has 0 aromatic rings. The molecule has 2 N–H and O–H groups in total. The van der Waals surface area contributed by atoms with Crippen molar-refractivity contribution in [1.29, 1.82) is 0 Å². The minimum absolute atomic E-state index is 0.847. The van der Waals surface area contributed by atoms with E-state index < -0.39 is 12.5 Å². The summed E-state index contributed by atoms with van der Waals surface area (Å²) in [5, 5.41) is 18.3. The molecule has 0 bridgehead atoms. The van der Waals surface area contributed by atoms with Crippen molar-refractivity contribution in [3.63, 3.8) is 0 Å². The van der Waals surface area contributed by atoms with E-state index in [-0.39, 0.29) is 0 Å². The van der Waals surface area contributed by atoms with Crippen LogP contribution in [0.2, 0.25) is 0 Å². The molecule has 2 radical (unpaired) electrons. The summed E-state index contributed by atoms with van der Waals surface area (Å²) >= 11 is 0. The highest BCUT2D eigenvalue weighted by Crippen LogP contribution is 1.98. The van der Waals surface area contributed by atoms with Crippen molar-refractivity contribution < 1.29 is 15.0 Å². The van der Waals surface area contributed by atoms with Crippen LogP contribution in [0.15, 0.2) is 0 Å². The van der Waals surface area contributed by atoms with Gasteiger partial charge in [0.05, 0.1) is 0 Å². The van der Waals surface area contributed by atoms with Gasteiger partial charge in [-0.3, -0.25) is 0 Å². The molecule has 0 aliphatic rings. The molecule has 0 spiro atoms. The molecular formula is C4H10BNO3. The van der Waals surface area contributed by atoms with Crippen LogP contribution in [0.4, 0.5) is 0 Å². The Labute approximate surface area is 55.4 Å². The molecule has 0 aliphatic carbocycles. The molecule has 0 saturated carbocycles. The zero-order valence-electron chi connectivity index (χ0n) is 5.48. The van der Waals surface area contributed by atoms with Gasteiger partial charge in [0.15, 0.2) is 0 Å². The average Bonchev–Trinajstić information content (AvgIpc) is 1.64. The van der Waals surface area contributed by atoms with E-state index in [1.807, 2.05) is 0 Å². The molecule has 9 heavy (non-hydrogen) atoms. The molecular weight excluding hydrogens is 121 g/mol. The predicted octanol–water partition coefficient (Wildman–Crippen LogP) is -1.02. The van der Waals surface area contributed by atoms with Crippen LogP contribution < -0.4 is 0 Å². The lowest BCUT2D eigenvalue weighted by atomic mass is 10.5. The smallest absolute Gasteiger partial charge is 0.317 e. The fourth-order valence-electron chi connectivity index (χ4n) is 0.488. The first-order valence-electron chi connectivity index (χ1n) is 2.61. The highest BCUT2D eigenvalue weighted by atomic mass is 16.7.